The lowest BCUT2D eigenvalue weighted by molar-refractivity contribution is -0.139. The second kappa shape index (κ2) is 5.33. The summed E-state index contributed by atoms with van der Waals surface area (Å²) in [6.07, 6.45) is 0. The molecule has 1 aliphatic carbocycles. The summed E-state index contributed by atoms with van der Waals surface area (Å²) in [6.45, 7) is 0. The van der Waals surface area contributed by atoms with Crippen LogP contribution in [0.25, 0.3) is 0 Å². The molecule has 3 rings (SSSR count). The van der Waals surface area contributed by atoms with Crippen LogP contribution in [0.1, 0.15) is 11.5 Å². The highest BCUT2D eigenvalue weighted by Gasteiger charge is 2.74. The van der Waals surface area contributed by atoms with Gasteiger partial charge in [-0.25, -0.2) is 8.42 Å². The molecule has 0 saturated heterocycles. The monoisotopic (exact) mass is 351 g/mol. The van der Waals surface area contributed by atoms with Gasteiger partial charge in [-0.3, -0.25) is 4.79 Å². The number of sulfone groups is 1. The fourth-order valence-corrected chi connectivity index (χ4v) is 5.30. The lowest BCUT2D eigenvalue weighted by Gasteiger charge is -2.06. The smallest absolute Gasteiger partial charge is 0.325 e. The standard InChI is InChI=1S/C16H14ClNO4S/c17-11-6-8-12(9-7-11)23(21,22)14-13(16(14,18)15(19)20)10-4-2-1-3-5-10/h1-9,13-14H,18H2,(H,19,20)/t13-,14+,16-/m1/s1. The summed E-state index contributed by atoms with van der Waals surface area (Å²) < 4.78 is 25.6. The third-order valence-corrected chi connectivity index (χ3v) is 6.70. The minimum absolute atomic E-state index is 0.0152. The molecular weight excluding hydrogens is 338 g/mol. The molecule has 120 valence electrons. The van der Waals surface area contributed by atoms with E-state index >= 15 is 0 Å². The highest BCUT2D eigenvalue weighted by atomic mass is 35.5. The summed E-state index contributed by atoms with van der Waals surface area (Å²) in [5.41, 5.74) is 4.72. The Bertz CT molecular complexity index is 851. The first-order valence-corrected chi connectivity index (χ1v) is 8.78. The molecule has 0 aromatic heterocycles. The zero-order valence-electron chi connectivity index (χ0n) is 11.9. The minimum Gasteiger partial charge on any atom is -0.480 e. The van der Waals surface area contributed by atoms with Gasteiger partial charge in [-0.05, 0) is 29.8 Å². The Morgan fingerprint density at radius 3 is 2.17 bits per heavy atom. The summed E-state index contributed by atoms with van der Waals surface area (Å²) in [5.74, 6) is -2.12. The molecule has 1 aliphatic rings. The Hall–Kier alpha value is -1.89. The number of rotatable bonds is 4. The maximum atomic E-state index is 12.8. The molecule has 5 nitrogen and oxygen atoms in total. The van der Waals surface area contributed by atoms with Crippen molar-refractivity contribution in [3.8, 4) is 0 Å². The summed E-state index contributed by atoms with van der Waals surface area (Å²) in [6, 6.07) is 14.2. The average Bonchev–Trinajstić information content (AvgIpc) is 3.17. The summed E-state index contributed by atoms with van der Waals surface area (Å²) in [7, 11) is -3.90. The van der Waals surface area contributed by atoms with E-state index in [0.29, 0.717) is 10.6 Å². The highest BCUT2D eigenvalue weighted by Crippen LogP contribution is 2.55. The first kappa shape index (κ1) is 16.0. The maximum absolute atomic E-state index is 12.8. The van der Waals surface area contributed by atoms with Crippen LogP contribution in [0.3, 0.4) is 0 Å². The average molecular weight is 352 g/mol. The van der Waals surface area contributed by atoms with Crippen molar-refractivity contribution in [2.45, 2.75) is 21.6 Å². The van der Waals surface area contributed by atoms with E-state index in [1.807, 2.05) is 0 Å². The van der Waals surface area contributed by atoms with Crippen molar-refractivity contribution in [1.29, 1.82) is 0 Å². The van der Waals surface area contributed by atoms with Crippen molar-refractivity contribution in [3.05, 3.63) is 65.2 Å². The molecule has 1 fully saturated rings. The Labute approximate surface area is 138 Å². The predicted octanol–water partition coefficient (Wildman–Crippen LogP) is 2.06. The Kier molecular flexibility index (Phi) is 3.71. The quantitative estimate of drug-likeness (QED) is 0.878. The van der Waals surface area contributed by atoms with Gasteiger partial charge in [0.25, 0.3) is 0 Å². The van der Waals surface area contributed by atoms with Crippen molar-refractivity contribution in [2.75, 3.05) is 0 Å². The molecule has 7 heteroatoms. The highest BCUT2D eigenvalue weighted by molar-refractivity contribution is 7.92. The van der Waals surface area contributed by atoms with Gasteiger partial charge in [-0.15, -0.1) is 0 Å². The first-order valence-electron chi connectivity index (χ1n) is 6.86. The van der Waals surface area contributed by atoms with Crippen LogP contribution in [0.2, 0.25) is 5.02 Å². The maximum Gasteiger partial charge on any atom is 0.325 e. The normalized spacial score (nSPS) is 26.7. The number of carboxylic acids is 1. The third kappa shape index (κ3) is 2.43. The second-order valence-electron chi connectivity index (χ2n) is 5.55. The van der Waals surface area contributed by atoms with Gasteiger partial charge in [0.05, 0.1) is 4.90 Å². The number of nitrogens with two attached hydrogens (primary N) is 1. The largest absolute Gasteiger partial charge is 0.480 e. The van der Waals surface area contributed by atoms with Gasteiger partial charge in [-0.1, -0.05) is 41.9 Å². The van der Waals surface area contributed by atoms with Crippen molar-refractivity contribution in [1.82, 2.24) is 0 Å². The summed E-state index contributed by atoms with van der Waals surface area (Å²) in [4.78, 5) is 11.6. The van der Waals surface area contributed by atoms with Crippen LogP contribution in [0.15, 0.2) is 59.5 Å². The molecule has 0 radical (unpaired) electrons. The molecule has 0 amide bonds. The van der Waals surface area contributed by atoms with E-state index in [9.17, 15) is 18.3 Å². The van der Waals surface area contributed by atoms with E-state index in [0.717, 1.165) is 0 Å². The number of hydrogen-bond acceptors (Lipinski definition) is 4. The number of carboxylic acid groups (broad SMARTS) is 1. The van der Waals surface area contributed by atoms with Crippen molar-refractivity contribution < 1.29 is 18.3 Å². The van der Waals surface area contributed by atoms with Crippen molar-refractivity contribution in [2.24, 2.45) is 5.73 Å². The van der Waals surface area contributed by atoms with E-state index in [1.165, 1.54) is 24.3 Å². The number of benzene rings is 2. The topological polar surface area (TPSA) is 97.5 Å². The lowest BCUT2D eigenvalue weighted by Crippen LogP contribution is -2.39. The molecule has 0 spiro atoms. The summed E-state index contributed by atoms with van der Waals surface area (Å²) in [5, 5.41) is 8.65. The van der Waals surface area contributed by atoms with E-state index in [4.69, 9.17) is 17.3 Å². The van der Waals surface area contributed by atoms with Gasteiger partial charge in [0.1, 0.15) is 10.8 Å². The molecule has 0 bridgehead atoms. The van der Waals surface area contributed by atoms with Crippen LogP contribution in [-0.4, -0.2) is 30.3 Å². The Morgan fingerprint density at radius 2 is 1.65 bits per heavy atom. The number of aliphatic carboxylic acids is 1. The molecule has 23 heavy (non-hydrogen) atoms. The van der Waals surface area contributed by atoms with Crippen LogP contribution in [-0.2, 0) is 14.6 Å². The van der Waals surface area contributed by atoms with Gasteiger partial charge >= 0.3 is 5.97 Å². The molecule has 2 aromatic rings. The molecule has 3 atom stereocenters. The molecule has 3 N–H and O–H groups in total. The van der Waals surface area contributed by atoms with Gasteiger partial charge < -0.3 is 10.8 Å². The third-order valence-electron chi connectivity index (χ3n) is 4.18. The minimum atomic E-state index is -3.90. The zero-order chi connectivity index (χ0) is 16.8. The van der Waals surface area contributed by atoms with Crippen molar-refractivity contribution in [3.63, 3.8) is 0 Å². The van der Waals surface area contributed by atoms with E-state index in [2.05, 4.69) is 0 Å². The number of halogens is 1. The van der Waals surface area contributed by atoms with E-state index < -0.39 is 32.5 Å². The summed E-state index contributed by atoms with van der Waals surface area (Å²) >= 11 is 5.77. The lowest BCUT2D eigenvalue weighted by atomic mass is 10.1. The van der Waals surface area contributed by atoms with Gasteiger partial charge in [-0.2, -0.15) is 0 Å². The molecule has 0 unspecified atom stereocenters. The number of carbonyl (C=O) groups is 1. The molecule has 0 aliphatic heterocycles. The van der Waals surface area contributed by atoms with Gasteiger partial charge in [0.2, 0.25) is 0 Å². The van der Waals surface area contributed by atoms with Crippen LogP contribution < -0.4 is 5.73 Å². The van der Waals surface area contributed by atoms with Crippen LogP contribution in [0.5, 0.6) is 0 Å². The molecular formula is C16H14ClNO4S. The van der Waals surface area contributed by atoms with Crippen LogP contribution in [0.4, 0.5) is 0 Å². The first-order chi connectivity index (χ1) is 10.8. The van der Waals surface area contributed by atoms with E-state index in [1.54, 1.807) is 30.3 Å². The van der Waals surface area contributed by atoms with Crippen LogP contribution in [0, 0.1) is 0 Å². The zero-order valence-corrected chi connectivity index (χ0v) is 13.5. The van der Waals surface area contributed by atoms with Crippen molar-refractivity contribution >= 4 is 27.4 Å². The molecule has 2 aromatic carbocycles. The fourth-order valence-electron chi connectivity index (χ4n) is 2.95. The SMILES string of the molecule is N[C@]1(C(=O)O)[C@H](c2ccccc2)[C@@H]1S(=O)(=O)c1ccc(Cl)cc1. The Balaban J connectivity index is 2.07. The molecule has 0 heterocycles. The Morgan fingerprint density at radius 1 is 1.09 bits per heavy atom. The van der Waals surface area contributed by atoms with Gasteiger partial charge in [0, 0.05) is 10.9 Å². The molecule has 1 saturated carbocycles. The van der Waals surface area contributed by atoms with E-state index in [-0.39, 0.29) is 4.90 Å². The fraction of sp³-hybridized carbons (Fsp3) is 0.188. The van der Waals surface area contributed by atoms with Gasteiger partial charge in [0.15, 0.2) is 9.84 Å². The number of hydrogen-bond donors (Lipinski definition) is 2. The van der Waals surface area contributed by atoms with Crippen LogP contribution >= 0.6 is 11.6 Å². The second-order valence-corrected chi connectivity index (χ2v) is 8.05. The predicted molar refractivity (Wildman–Crippen MR) is 86.2 cm³/mol.